The first kappa shape index (κ1) is 11.6. The van der Waals surface area contributed by atoms with Crippen molar-refractivity contribution in [3.05, 3.63) is 0 Å². The zero-order valence-corrected chi connectivity index (χ0v) is 9.31. The highest BCUT2D eigenvalue weighted by atomic mass is 35.5. The zero-order chi connectivity index (χ0) is 10.4. The van der Waals surface area contributed by atoms with Crippen molar-refractivity contribution in [1.82, 2.24) is 0 Å². The summed E-state index contributed by atoms with van der Waals surface area (Å²) in [5.74, 6) is 0. The largest absolute Gasteiger partial charge is 0.510 e. The number of carbonyl (C=O) groups is 1. The molecule has 1 rings (SSSR count). The number of alkyl halides is 1. The molecule has 82 valence electrons. The molecular formula is C10H17ClO3. The van der Waals surface area contributed by atoms with Gasteiger partial charge >= 0.3 is 6.16 Å². The smallest absolute Gasteiger partial charge is 0.428 e. The zero-order valence-electron chi connectivity index (χ0n) is 8.55. The minimum atomic E-state index is -0.635. The summed E-state index contributed by atoms with van der Waals surface area (Å²) in [6.45, 7) is 2.04. The summed E-state index contributed by atoms with van der Waals surface area (Å²) in [5.41, 5.74) is -0.290. The molecule has 0 N–H and O–H groups in total. The third kappa shape index (κ3) is 3.05. The lowest BCUT2D eigenvalue weighted by atomic mass is 9.83. The number of hydrogen-bond acceptors (Lipinski definition) is 3. The van der Waals surface area contributed by atoms with E-state index in [-0.39, 0.29) is 11.7 Å². The van der Waals surface area contributed by atoms with Crippen molar-refractivity contribution >= 4 is 17.8 Å². The van der Waals surface area contributed by atoms with Gasteiger partial charge in [-0.3, -0.25) is 0 Å². The van der Waals surface area contributed by atoms with E-state index in [1.807, 2.05) is 6.92 Å². The van der Waals surface area contributed by atoms with Crippen LogP contribution in [-0.2, 0) is 9.47 Å². The lowest BCUT2D eigenvalue weighted by molar-refractivity contribution is -0.0526. The van der Waals surface area contributed by atoms with Gasteiger partial charge in [0.05, 0.1) is 0 Å². The maximum atomic E-state index is 11.1. The molecule has 0 amide bonds. The van der Waals surface area contributed by atoms with Crippen LogP contribution in [0.4, 0.5) is 4.79 Å². The minimum Gasteiger partial charge on any atom is -0.428 e. The SMILES string of the molecule is CCC1(OC(=O)OCCl)CCCCC1. The number of halogens is 1. The Kier molecular flexibility index (Phi) is 4.52. The van der Waals surface area contributed by atoms with Crippen molar-refractivity contribution in [3.8, 4) is 0 Å². The number of rotatable bonds is 3. The second-order valence-corrected chi connectivity index (χ2v) is 3.92. The lowest BCUT2D eigenvalue weighted by Gasteiger charge is -2.35. The summed E-state index contributed by atoms with van der Waals surface area (Å²) in [5, 5.41) is 0. The normalized spacial score (nSPS) is 20.1. The summed E-state index contributed by atoms with van der Waals surface area (Å²) in [7, 11) is 0. The fourth-order valence-electron chi connectivity index (χ4n) is 1.97. The van der Waals surface area contributed by atoms with Gasteiger partial charge in [0.1, 0.15) is 5.60 Å². The molecule has 0 spiro atoms. The molecule has 1 saturated carbocycles. The summed E-state index contributed by atoms with van der Waals surface area (Å²) in [6, 6.07) is -0.140. The molecule has 0 saturated heterocycles. The fraction of sp³-hybridized carbons (Fsp3) is 0.900. The quantitative estimate of drug-likeness (QED) is 0.540. The fourth-order valence-corrected chi connectivity index (χ4v) is 2.06. The van der Waals surface area contributed by atoms with Gasteiger partial charge in [0, 0.05) is 0 Å². The van der Waals surface area contributed by atoms with Crippen LogP contribution in [0, 0.1) is 0 Å². The van der Waals surface area contributed by atoms with Gasteiger partial charge in [0.15, 0.2) is 6.07 Å². The van der Waals surface area contributed by atoms with E-state index in [0.29, 0.717) is 0 Å². The summed E-state index contributed by atoms with van der Waals surface area (Å²) in [6.07, 6.45) is 5.59. The van der Waals surface area contributed by atoms with E-state index in [2.05, 4.69) is 4.74 Å². The summed E-state index contributed by atoms with van der Waals surface area (Å²) >= 11 is 5.28. The van der Waals surface area contributed by atoms with Crippen molar-refractivity contribution in [2.24, 2.45) is 0 Å². The van der Waals surface area contributed by atoms with E-state index in [1.165, 1.54) is 6.42 Å². The van der Waals surface area contributed by atoms with Crippen molar-refractivity contribution < 1.29 is 14.3 Å². The highest BCUT2D eigenvalue weighted by molar-refractivity contribution is 6.17. The van der Waals surface area contributed by atoms with E-state index < -0.39 is 6.16 Å². The Hall–Kier alpha value is -0.440. The van der Waals surface area contributed by atoms with Crippen LogP contribution in [0.1, 0.15) is 45.4 Å². The van der Waals surface area contributed by atoms with Gasteiger partial charge in [-0.25, -0.2) is 4.79 Å². The first-order valence-electron chi connectivity index (χ1n) is 5.14. The predicted octanol–water partition coefficient (Wildman–Crippen LogP) is 3.45. The van der Waals surface area contributed by atoms with Crippen molar-refractivity contribution in [1.29, 1.82) is 0 Å². The number of carbonyl (C=O) groups excluding carboxylic acids is 1. The molecule has 3 nitrogen and oxygen atoms in total. The Balaban J connectivity index is 2.47. The lowest BCUT2D eigenvalue weighted by Crippen LogP contribution is -2.36. The standard InChI is InChI=1S/C10H17ClO3/c1-2-10(6-4-3-5-7-10)14-9(12)13-8-11/h2-8H2,1H3. The van der Waals surface area contributed by atoms with Crippen LogP contribution in [0.25, 0.3) is 0 Å². The Morgan fingerprint density at radius 2 is 2.00 bits per heavy atom. The Bertz CT molecular complexity index is 188. The molecule has 14 heavy (non-hydrogen) atoms. The first-order valence-corrected chi connectivity index (χ1v) is 5.67. The molecule has 0 bridgehead atoms. The molecule has 0 radical (unpaired) electrons. The number of ether oxygens (including phenoxy) is 2. The van der Waals surface area contributed by atoms with Gasteiger partial charge in [0.25, 0.3) is 0 Å². The van der Waals surface area contributed by atoms with Gasteiger partial charge in [-0.1, -0.05) is 24.9 Å². The van der Waals surface area contributed by atoms with Crippen LogP contribution in [0.5, 0.6) is 0 Å². The van der Waals surface area contributed by atoms with E-state index in [0.717, 1.165) is 32.1 Å². The van der Waals surface area contributed by atoms with Gasteiger partial charge in [-0.05, 0) is 32.1 Å². The van der Waals surface area contributed by atoms with Crippen LogP contribution in [-0.4, -0.2) is 17.8 Å². The third-order valence-corrected chi connectivity index (χ3v) is 2.99. The molecule has 4 heteroatoms. The highest BCUT2D eigenvalue weighted by Gasteiger charge is 2.34. The van der Waals surface area contributed by atoms with Gasteiger partial charge in [0.2, 0.25) is 0 Å². The molecular weight excluding hydrogens is 204 g/mol. The van der Waals surface area contributed by atoms with Crippen molar-refractivity contribution in [3.63, 3.8) is 0 Å². The molecule has 0 aromatic carbocycles. The monoisotopic (exact) mass is 220 g/mol. The van der Waals surface area contributed by atoms with Gasteiger partial charge in [-0.2, -0.15) is 0 Å². The Morgan fingerprint density at radius 1 is 1.36 bits per heavy atom. The Labute approximate surface area is 89.7 Å². The molecule has 0 aliphatic heterocycles. The van der Waals surface area contributed by atoms with Crippen LogP contribution in [0.3, 0.4) is 0 Å². The van der Waals surface area contributed by atoms with Crippen LogP contribution >= 0.6 is 11.6 Å². The second kappa shape index (κ2) is 5.44. The van der Waals surface area contributed by atoms with Gasteiger partial charge < -0.3 is 9.47 Å². The molecule has 1 aliphatic rings. The van der Waals surface area contributed by atoms with Gasteiger partial charge in [-0.15, -0.1) is 0 Å². The maximum absolute atomic E-state index is 11.1. The highest BCUT2D eigenvalue weighted by Crippen LogP contribution is 2.34. The molecule has 0 unspecified atom stereocenters. The average Bonchev–Trinajstić information content (AvgIpc) is 2.19. The van der Waals surface area contributed by atoms with E-state index in [1.54, 1.807) is 0 Å². The third-order valence-electron chi connectivity index (χ3n) is 2.88. The molecule has 0 atom stereocenters. The Morgan fingerprint density at radius 3 is 2.50 bits per heavy atom. The summed E-state index contributed by atoms with van der Waals surface area (Å²) < 4.78 is 9.90. The van der Waals surface area contributed by atoms with Crippen LogP contribution in [0.2, 0.25) is 0 Å². The molecule has 1 aliphatic carbocycles. The number of hydrogen-bond donors (Lipinski definition) is 0. The summed E-state index contributed by atoms with van der Waals surface area (Å²) in [4.78, 5) is 11.1. The minimum absolute atomic E-state index is 0.140. The molecule has 1 fully saturated rings. The van der Waals surface area contributed by atoms with E-state index >= 15 is 0 Å². The van der Waals surface area contributed by atoms with E-state index in [9.17, 15) is 4.79 Å². The topological polar surface area (TPSA) is 35.5 Å². The molecule has 0 heterocycles. The van der Waals surface area contributed by atoms with Crippen molar-refractivity contribution in [2.75, 3.05) is 6.07 Å². The predicted molar refractivity (Wildman–Crippen MR) is 54.4 cm³/mol. The maximum Gasteiger partial charge on any atom is 0.510 e. The van der Waals surface area contributed by atoms with Crippen LogP contribution < -0.4 is 0 Å². The second-order valence-electron chi connectivity index (χ2n) is 3.70. The average molecular weight is 221 g/mol. The van der Waals surface area contributed by atoms with Crippen molar-refractivity contribution in [2.45, 2.75) is 51.0 Å². The van der Waals surface area contributed by atoms with Crippen LogP contribution in [0.15, 0.2) is 0 Å². The van der Waals surface area contributed by atoms with E-state index in [4.69, 9.17) is 16.3 Å². The molecule has 0 aromatic rings. The first-order chi connectivity index (χ1) is 6.72. The molecule has 0 aromatic heterocycles.